The van der Waals surface area contributed by atoms with Gasteiger partial charge in [0.05, 0.1) is 12.1 Å². The first-order chi connectivity index (χ1) is 8.70. The van der Waals surface area contributed by atoms with Gasteiger partial charge in [-0.15, -0.1) is 0 Å². The molecule has 0 aromatic heterocycles. The average Bonchev–Trinajstić information content (AvgIpc) is 2.79. The van der Waals surface area contributed by atoms with E-state index in [-0.39, 0.29) is 5.60 Å². The Morgan fingerprint density at radius 2 is 2.28 bits per heavy atom. The third-order valence-electron chi connectivity index (χ3n) is 3.03. The molecule has 0 aromatic carbocycles. The molecule has 1 atom stereocenters. The molecule has 0 aliphatic carbocycles. The summed E-state index contributed by atoms with van der Waals surface area (Å²) in [6, 6.07) is 0. The standard InChI is InChI=1S/C13H27N3O2/c1-4-14-12(15-8-6-9-17-3)16-11-13(2)7-5-10-18-13/h4-11H2,1-3H3,(H2,14,15,16). The minimum absolute atomic E-state index is 0.0745. The summed E-state index contributed by atoms with van der Waals surface area (Å²) >= 11 is 0. The second-order valence-electron chi connectivity index (χ2n) is 4.87. The highest BCUT2D eigenvalue weighted by molar-refractivity contribution is 5.79. The van der Waals surface area contributed by atoms with Gasteiger partial charge in [0.15, 0.2) is 5.96 Å². The number of hydrogen-bond donors (Lipinski definition) is 2. The topological polar surface area (TPSA) is 54.9 Å². The van der Waals surface area contributed by atoms with Crippen molar-refractivity contribution in [3.8, 4) is 0 Å². The Bertz CT molecular complexity index is 251. The van der Waals surface area contributed by atoms with Crippen molar-refractivity contribution in [3.63, 3.8) is 0 Å². The summed E-state index contributed by atoms with van der Waals surface area (Å²) in [5.74, 6) is 0.866. The van der Waals surface area contributed by atoms with Crippen LogP contribution in [0.3, 0.4) is 0 Å². The lowest BCUT2D eigenvalue weighted by Crippen LogP contribution is -2.39. The van der Waals surface area contributed by atoms with Crippen LogP contribution in [0.5, 0.6) is 0 Å². The van der Waals surface area contributed by atoms with Crippen molar-refractivity contribution >= 4 is 5.96 Å². The molecule has 1 saturated heterocycles. The van der Waals surface area contributed by atoms with Gasteiger partial charge in [-0.3, -0.25) is 4.99 Å². The van der Waals surface area contributed by atoms with E-state index in [0.717, 1.165) is 51.5 Å². The minimum Gasteiger partial charge on any atom is -0.385 e. The summed E-state index contributed by atoms with van der Waals surface area (Å²) in [7, 11) is 1.72. The Hall–Kier alpha value is -0.810. The van der Waals surface area contributed by atoms with Gasteiger partial charge in [0.25, 0.3) is 0 Å². The fourth-order valence-corrected chi connectivity index (χ4v) is 1.97. The third-order valence-corrected chi connectivity index (χ3v) is 3.03. The van der Waals surface area contributed by atoms with Gasteiger partial charge in [-0.25, -0.2) is 0 Å². The van der Waals surface area contributed by atoms with Gasteiger partial charge in [0.2, 0.25) is 0 Å². The molecule has 5 heteroatoms. The second-order valence-corrected chi connectivity index (χ2v) is 4.87. The first kappa shape index (κ1) is 15.2. The first-order valence-electron chi connectivity index (χ1n) is 6.85. The van der Waals surface area contributed by atoms with Crippen molar-refractivity contribution in [2.24, 2.45) is 4.99 Å². The predicted molar refractivity (Wildman–Crippen MR) is 74.1 cm³/mol. The molecule has 5 nitrogen and oxygen atoms in total. The van der Waals surface area contributed by atoms with Crippen molar-refractivity contribution in [2.45, 2.75) is 38.7 Å². The first-order valence-corrected chi connectivity index (χ1v) is 6.85. The van der Waals surface area contributed by atoms with Gasteiger partial charge < -0.3 is 20.1 Å². The lowest BCUT2D eigenvalue weighted by Gasteiger charge is -2.21. The highest BCUT2D eigenvalue weighted by Gasteiger charge is 2.29. The molecule has 1 unspecified atom stereocenters. The molecule has 0 radical (unpaired) electrons. The van der Waals surface area contributed by atoms with Gasteiger partial charge in [0.1, 0.15) is 0 Å². The molecule has 0 bridgehead atoms. The summed E-state index contributed by atoms with van der Waals surface area (Å²) in [6.45, 7) is 8.30. The van der Waals surface area contributed by atoms with E-state index in [4.69, 9.17) is 9.47 Å². The van der Waals surface area contributed by atoms with E-state index in [9.17, 15) is 0 Å². The number of aliphatic imine (C=N–C) groups is 1. The highest BCUT2D eigenvalue weighted by Crippen LogP contribution is 2.24. The Labute approximate surface area is 110 Å². The van der Waals surface area contributed by atoms with Gasteiger partial charge >= 0.3 is 0 Å². The van der Waals surface area contributed by atoms with Crippen molar-refractivity contribution in [2.75, 3.05) is 40.0 Å². The number of ether oxygens (including phenoxy) is 2. The van der Waals surface area contributed by atoms with E-state index in [2.05, 4.69) is 29.5 Å². The van der Waals surface area contributed by atoms with E-state index < -0.39 is 0 Å². The monoisotopic (exact) mass is 257 g/mol. The molecule has 1 aliphatic heterocycles. The maximum Gasteiger partial charge on any atom is 0.191 e. The van der Waals surface area contributed by atoms with Gasteiger partial charge in [0, 0.05) is 33.4 Å². The largest absolute Gasteiger partial charge is 0.385 e. The van der Waals surface area contributed by atoms with Crippen LogP contribution in [0.4, 0.5) is 0 Å². The van der Waals surface area contributed by atoms with Crippen LogP contribution in [-0.2, 0) is 9.47 Å². The third kappa shape index (κ3) is 5.69. The molecule has 18 heavy (non-hydrogen) atoms. The van der Waals surface area contributed by atoms with Crippen LogP contribution in [0.25, 0.3) is 0 Å². The van der Waals surface area contributed by atoms with Crippen molar-refractivity contribution < 1.29 is 9.47 Å². The van der Waals surface area contributed by atoms with Crippen LogP contribution < -0.4 is 10.6 Å². The molecule has 1 heterocycles. The van der Waals surface area contributed by atoms with E-state index in [0.29, 0.717) is 6.54 Å². The quantitative estimate of drug-likeness (QED) is 0.408. The van der Waals surface area contributed by atoms with E-state index in [1.54, 1.807) is 7.11 Å². The zero-order valence-electron chi connectivity index (χ0n) is 11.9. The SMILES string of the molecule is CCNC(=NCC1(C)CCCO1)NCCCOC. The van der Waals surface area contributed by atoms with E-state index in [1.807, 2.05) is 0 Å². The normalized spacial score (nSPS) is 24.3. The number of nitrogens with zero attached hydrogens (tertiary/aromatic N) is 1. The number of rotatable bonds is 7. The summed E-state index contributed by atoms with van der Waals surface area (Å²) in [5, 5.41) is 6.54. The molecule has 0 aromatic rings. The van der Waals surface area contributed by atoms with Crippen LogP contribution in [-0.4, -0.2) is 51.5 Å². The lowest BCUT2D eigenvalue weighted by molar-refractivity contribution is 0.0283. The summed E-state index contributed by atoms with van der Waals surface area (Å²) in [6.07, 6.45) is 3.22. The molecule has 1 aliphatic rings. The van der Waals surface area contributed by atoms with E-state index >= 15 is 0 Å². The van der Waals surface area contributed by atoms with E-state index in [1.165, 1.54) is 0 Å². The molecule has 0 spiro atoms. The van der Waals surface area contributed by atoms with Crippen LogP contribution >= 0.6 is 0 Å². The van der Waals surface area contributed by atoms with Crippen molar-refractivity contribution in [3.05, 3.63) is 0 Å². The highest BCUT2D eigenvalue weighted by atomic mass is 16.5. The maximum absolute atomic E-state index is 5.73. The Morgan fingerprint density at radius 3 is 2.89 bits per heavy atom. The fourth-order valence-electron chi connectivity index (χ4n) is 1.97. The van der Waals surface area contributed by atoms with Gasteiger partial charge in [-0.1, -0.05) is 0 Å². The van der Waals surface area contributed by atoms with Gasteiger partial charge in [-0.05, 0) is 33.1 Å². The molecule has 2 N–H and O–H groups in total. The minimum atomic E-state index is -0.0745. The van der Waals surface area contributed by atoms with Crippen LogP contribution in [0.2, 0.25) is 0 Å². The molecule has 1 fully saturated rings. The number of hydrogen-bond acceptors (Lipinski definition) is 3. The lowest BCUT2D eigenvalue weighted by atomic mass is 10.0. The van der Waals surface area contributed by atoms with Crippen molar-refractivity contribution in [1.82, 2.24) is 10.6 Å². The van der Waals surface area contributed by atoms with Crippen LogP contribution in [0, 0.1) is 0 Å². The number of methoxy groups -OCH3 is 1. The molecule has 106 valence electrons. The number of nitrogens with one attached hydrogen (secondary N) is 2. The van der Waals surface area contributed by atoms with Gasteiger partial charge in [-0.2, -0.15) is 0 Å². The molecular weight excluding hydrogens is 230 g/mol. The summed E-state index contributed by atoms with van der Waals surface area (Å²) in [4.78, 5) is 4.59. The molecular formula is C13H27N3O2. The van der Waals surface area contributed by atoms with Crippen LogP contribution in [0.1, 0.15) is 33.1 Å². The molecule has 1 rings (SSSR count). The molecule has 0 amide bonds. The zero-order chi connectivity index (χ0) is 13.3. The maximum atomic E-state index is 5.73. The second kappa shape index (κ2) is 8.32. The zero-order valence-corrected chi connectivity index (χ0v) is 11.9. The predicted octanol–water partition coefficient (Wildman–Crippen LogP) is 1.15. The van der Waals surface area contributed by atoms with Crippen molar-refractivity contribution in [1.29, 1.82) is 0 Å². The molecule has 0 saturated carbocycles. The van der Waals surface area contributed by atoms with Crippen LogP contribution in [0.15, 0.2) is 4.99 Å². The number of guanidine groups is 1. The smallest absolute Gasteiger partial charge is 0.191 e. The Kier molecular flexibility index (Phi) is 7.05. The Balaban J connectivity index is 2.34. The summed E-state index contributed by atoms with van der Waals surface area (Å²) in [5.41, 5.74) is -0.0745. The summed E-state index contributed by atoms with van der Waals surface area (Å²) < 4.78 is 10.7. The average molecular weight is 257 g/mol. The fraction of sp³-hybridized carbons (Fsp3) is 0.923. The Morgan fingerprint density at radius 1 is 1.44 bits per heavy atom.